The van der Waals surface area contributed by atoms with E-state index in [1.54, 1.807) is 0 Å². The molecule has 1 fully saturated rings. The molecule has 1 heterocycles. The molecule has 6 heteroatoms. The first-order valence-electron chi connectivity index (χ1n) is 5.45. The van der Waals surface area contributed by atoms with E-state index in [1.807, 2.05) is 0 Å². The van der Waals surface area contributed by atoms with Gasteiger partial charge >= 0.3 is 5.69 Å². The van der Waals surface area contributed by atoms with Crippen molar-refractivity contribution in [3.8, 4) is 17.2 Å². The van der Waals surface area contributed by atoms with Crippen molar-refractivity contribution in [3.05, 3.63) is 22.2 Å². The molecule has 1 aliphatic heterocycles. The number of hydrogen-bond donors (Lipinski definition) is 0. The first-order valence-corrected chi connectivity index (χ1v) is 5.45. The molecule has 0 aromatic heterocycles. The van der Waals surface area contributed by atoms with Gasteiger partial charge in [-0.05, 0) is 18.8 Å². The second-order valence-corrected chi connectivity index (χ2v) is 4.18. The van der Waals surface area contributed by atoms with E-state index in [0.29, 0.717) is 24.0 Å². The van der Waals surface area contributed by atoms with Crippen molar-refractivity contribution >= 4 is 5.69 Å². The molecule has 1 saturated carbocycles. The molecule has 0 saturated heterocycles. The Balaban J connectivity index is 1.89. The van der Waals surface area contributed by atoms with E-state index < -0.39 is 4.92 Å². The van der Waals surface area contributed by atoms with Gasteiger partial charge in [-0.1, -0.05) is 0 Å². The van der Waals surface area contributed by atoms with E-state index in [9.17, 15) is 10.1 Å². The van der Waals surface area contributed by atoms with Crippen LogP contribution in [0.4, 0.5) is 5.69 Å². The van der Waals surface area contributed by atoms with Gasteiger partial charge in [0.25, 0.3) is 0 Å². The smallest absolute Gasteiger partial charge is 0.314 e. The second-order valence-electron chi connectivity index (χ2n) is 4.18. The van der Waals surface area contributed by atoms with Crippen LogP contribution in [0.3, 0.4) is 0 Å². The van der Waals surface area contributed by atoms with Crippen molar-refractivity contribution in [1.29, 1.82) is 0 Å². The zero-order chi connectivity index (χ0) is 11.8. The summed E-state index contributed by atoms with van der Waals surface area (Å²) in [7, 11) is 0. The van der Waals surface area contributed by atoms with Crippen LogP contribution in [0.25, 0.3) is 0 Å². The third-order valence-electron chi connectivity index (χ3n) is 2.82. The Labute approximate surface area is 97.2 Å². The Kier molecular flexibility index (Phi) is 2.28. The molecule has 0 N–H and O–H groups in total. The van der Waals surface area contributed by atoms with Crippen LogP contribution in [-0.4, -0.2) is 18.3 Å². The van der Waals surface area contributed by atoms with Gasteiger partial charge in [-0.15, -0.1) is 0 Å². The SMILES string of the molecule is O=[N+]([O-])c1cc2c(cc1OCC1CC1)OCO2. The highest BCUT2D eigenvalue weighted by Crippen LogP contribution is 2.42. The van der Waals surface area contributed by atoms with Crippen LogP contribution >= 0.6 is 0 Å². The second kappa shape index (κ2) is 3.80. The van der Waals surface area contributed by atoms with Gasteiger partial charge in [0.05, 0.1) is 17.6 Å². The predicted octanol–water partition coefficient (Wildman–Crippen LogP) is 2.11. The average molecular weight is 237 g/mol. The number of fused-ring (bicyclic) bond motifs is 1. The van der Waals surface area contributed by atoms with Crippen molar-refractivity contribution in [3.63, 3.8) is 0 Å². The molecular weight excluding hydrogens is 226 g/mol. The first kappa shape index (κ1) is 10.2. The summed E-state index contributed by atoms with van der Waals surface area (Å²) in [4.78, 5) is 10.4. The minimum absolute atomic E-state index is 0.0742. The molecule has 0 atom stereocenters. The molecule has 0 unspecified atom stereocenters. The molecule has 1 aromatic rings. The van der Waals surface area contributed by atoms with E-state index >= 15 is 0 Å². The van der Waals surface area contributed by atoms with Crippen LogP contribution in [0.5, 0.6) is 17.2 Å². The van der Waals surface area contributed by atoms with Gasteiger partial charge in [-0.25, -0.2) is 0 Å². The fourth-order valence-electron chi connectivity index (χ4n) is 1.66. The van der Waals surface area contributed by atoms with Gasteiger partial charge in [0.15, 0.2) is 11.5 Å². The largest absolute Gasteiger partial charge is 0.486 e. The summed E-state index contributed by atoms with van der Waals surface area (Å²) < 4.78 is 15.7. The number of rotatable bonds is 4. The molecule has 90 valence electrons. The Morgan fingerprint density at radius 3 is 2.71 bits per heavy atom. The highest BCUT2D eigenvalue weighted by molar-refractivity contribution is 5.58. The molecular formula is C11H11NO5. The van der Waals surface area contributed by atoms with E-state index in [1.165, 1.54) is 12.1 Å². The van der Waals surface area contributed by atoms with Crippen molar-refractivity contribution in [1.82, 2.24) is 0 Å². The molecule has 2 aliphatic rings. The van der Waals surface area contributed by atoms with Crippen LogP contribution in [-0.2, 0) is 0 Å². The van der Waals surface area contributed by atoms with Gasteiger partial charge in [0.1, 0.15) is 0 Å². The zero-order valence-electron chi connectivity index (χ0n) is 9.05. The third kappa shape index (κ3) is 1.98. The van der Waals surface area contributed by atoms with Crippen LogP contribution < -0.4 is 14.2 Å². The molecule has 1 aliphatic carbocycles. The first-order chi connectivity index (χ1) is 8.24. The lowest BCUT2D eigenvalue weighted by atomic mass is 10.2. The average Bonchev–Trinajstić information content (AvgIpc) is 3.02. The standard InChI is InChI=1S/C11H11NO5/c13-12(14)8-3-10-11(17-6-16-10)4-9(8)15-5-7-1-2-7/h3-4,7H,1-2,5-6H2. The van der Waals surface area contributed by atoms with Crippen molar-refractivity contribution in [2.24, 2.45) is 5.92 Å². The Morgan fingerprint density at radius 1 is 1.35 bits per heavy atom. The maximum atomic E-state index is 10.9. The Hall–Kier alpha value is -1.98. The number of nitrogens with zero attached hydrogens (tertiary/aromatic N) is 1. The maximum absolute atomic E-state index is 10.9. The fourth-order valence-corrected chi connectivity index (χ4v) is 1.66. The van der Waals surface area contributed by atoms with E-state index in [-0.39, 0.29) is 18.2 Å². The summed E-state index contributed by atoms with van der Waals surface area (Å²) in [6.45, 7) is 0.624. The minimum atomic E-state index is -0.468. The third-order valence-corrected chi connectivity index (χ3v) is 2.82. The van der Waals surface area contributed by atoms with Gasteiger partial charge in [-0.3, -0.25) is 10.1 Å². The summed E-state index contributed by atoms with van der Waals surface area (Å²) >= 11 is 0. The van der Waals surface area contributed by atoms with E-state index in [4.69, 9.17) is 14.2 Å². The highest BCUT2D eigenvalue weighted by Gasteiger charge is 2.27. The van der Waals surface area contributed by atoms with Crippen molar-refractivity contribution in [2.75, 3.05) is 13.4 Å². The molecule has 0 radical (unpaired) electrons. The van der Waals surface area contributed by atoms with Gasteiger partial charge < -0.3 is 14.2 Å². The van der Waals surface area contributed by atoms with Gasteiger partial charge in [-0.2, -0.15) is 0 Å². The molecule has 3 rings (SSSR count). The Bertz CT molecular complexity index is 469. The highest BCUT2D eigenvalue weighted by atomic mass is 16.7. The number of ether oxygens (including phenoxy) is 3. The van der Waals surface area contributed by atoms with Crippen LogP contribution in [0.2, 0.25) is 0 Å². The fraction of sp³-hybridized carbons (Fsp3) is 0.455. The number of nitro benzene ring substituents is 1. The van der Waals surface area contributed by atoms with Crippen LogP contribution in [0, 0.1) is 16.0 Å². The molecule has 0 amide bonds. The normalized spacial score (nSPS) is 16.9. The summed E-state index contributed by atoms with van der Waals surface area (Å²) in [6, 6.07) is 2.88. The molecule has 1 aromatic carbocycles. The number of benzene rings is 1. The summed E-state index contributed by atoms with van der Waals surface area (Å²) in [6.07, 6.45) is 2.27. The van der Waals surface area contributed by atoms with Crippen molar-refractivity contribution in [2.45, 2.75) is 12.8 Å². The lowest BCUT2D eigenvalue weighted by Gasteiger charge is -2.06. The summed E-state index contributed by atoms with van der Waals surface area (Å²) in [5.74, 6) is 1.70. The lowest BCUT2D eigenvalue weighted by molar-refractivity contribution is -0.385. The molecule has 17 heavy (non-hydrogen) atoms. The molecule has 0 bridgehead atoms. The lowest BCUT2D eigenvalue weighted by Crippen LogP contribution is -2.02. The topological polar surface area (TPSA) is 70.8 Å². The predicted molar refractivity (Wildman–Crippen MR) is 57.4 cm³/mol. The van der Waals surface area contributed by atoms with Crippen LogP contribution in [0.15, 0.2) is 12.1 Å². The molecule has 6 nitrogen and oxygen atoms in total. The monoisotopic (exact) mass is 237 g/mol. The van der Waals surface area contributed by atoms with E-state index in [2.05, 4.69) is 0 Å². The summed E-state index contributed by atoms with van der Waals surface area (Å²) in [5.41, 5.74) is -0.0742. The number of hydrogen-bond acceptors (Lipinski definition) is 5. The van der Waals surface area contributed by atoms with Gasteiger partial charge in [0.2, 0.25) is 12.5 Å². The van der Waals surface area contributed by atoms with Crippen molar-refractivity contribution < 1.29 is 19.1 Å². The molecule has 0 spiro atoms. The minimum Gasteiger partial charge on any atom is -0.486 e. The summed E-state index contributed by atoms with van der Waals surface area (Å²) in [5, 5.41) is 10.9. The Morgan fingerprint density at radius 2 is 2.06 bits per heavy atom. The quantitative estimate of drug-likeness (QED) is 0.592. The maximum Gasteiger partial charge on any atom is 0.314 e. The number of nitro groups is 1. The van der Waals surface area contributed by atoms with E-state index in [0.717, 1.165) is 12.8 Å². The van der Waals surface area contributed by atoms with Crippen LogP contribution in [0.1, 0.15) is 12.8 Å². The zero-order valence-corrected chi connectivity index (χ0v) is 9.05. The van der Waals surface area contributed by atoms with Gasteiger partial charge in [0, 0.05) is 6.07 Å².